The number of fused-ring (bicyclic) bond motifs is 1. The van der Waals surface area contributed by atoms with Crippen molar-refractivity contribution in [3.05, 3.63) is 71.8 Å². The van der Waals surface area contributed by atoms with Crippen LogP contribution in [0.25, 0.3) is 10.8 Å². The summed E-state index contributed by atoms with van der Waals surface area (Å²) in [5.74, 6) is -1.08. The van der Waals surface area contributed by atoms with Gasteiger partial charge in [-0.3, -0.25) is 9.78 Å². The first kappa shape index (κ1) is 13.2. The van der Waals surface area contributed by atoms with Gasteiger partial charge >= 0.3 is 0 Å². The van der Waals surface area contributed by atoms with E-state index >= 15 is 0 Å². The third-order valence-corrected chi connectivity index (χ3v) is 3.32. The van der Waals surface area contributed by atoms with E-state index in [2.05, 4.69) is 4.98 Å². The quantitative estimate of drug-likeness (QED) is 0.688. The zero-order valence-electron chi connectivity index (χ0n) is 11.3. The molecule has 2 aromatic carbocycles. The van der Waals surface area contributed by atoms with Gasteiger partial charge in [-0.2, -0.15) is 0 Å². The van der Waals surface area contributed by atoms with Gasteiger partial charge in [0, 0.05) is 11.6 Å². The van der Waals surface area contributed by atoms with E-state index in [1.54, 1.807) is 18.3 Å². The summed E-state index contributed by atoms with van der Waals surface area (Å²) in [6, 6.07) is 13.7. The second-order valence-corrected chi connectivity index (χ2v) is 4.53. The highest BCUT2D eigenvalue weighted by Gasteiger charge is 2.19. The summed E-state index contributed by atoms with van der Waals surface area (Å²) < 4.78 is 19.1. The molecule has 3 aromatic rings. The number of carbonyl (C=O) groups is 1. The van der Waals surface area contributed by atoms with Gasteiger partial charge in [-0.15, -0.1) is 0 Å². The molecular weight excluding hydrogens is 269 g/mol. The average molecular weight is 281 g/mol. The van der Waals surface area contributed by atoms with Crippen LogP contribution in [0.2, 0.25) is 0 Å². The minimum atomic E-state index is -0.667. The summed E-state index contributed by atoms with van der Waals surface area (Å²) in [6.45, 7) is 0. The maximum Gasteiger partial charge on any atom is 0.215 e. The maximum absolute atomic E-state index is 14.2. The summed E-state index contributed by atoms with van der Waals surface area (Å²) in [5.41, 5.74) is 0.193. The predicted octanol–water partition coefficient (Wildman–Crippen LogP) is 3.61. The van der Waals surface area contributed by atoms with E-state index < -0.39 is 11.6 Å². The fourth-order valence-electron chi connectivity index (χ4n) is 2.27. The van der Waals surface area contributed by atoms with Crippen molar-refractivity contribution in [1.29, 1.82) is 0 Å². The summed E-state index contributed by atoms with van der Waals surface area (Å²) in [4.78, 5) is 16.7. The Balaban J connectivity index is 2.18. The molecule has 0 radical (unpaired) electrons. The average Bonchev–Trinajstić information content (AvgIpc) is 2.54. The van der Waals surface area contributed by atoms with Gasteiger partial charge < -0.3 is 4.74 Å². The van der Waals surface area contributed by atoms with E-state index in [-0.39, 0.29) is 17.0 Å². The Bertz CT molecular complexity index is 825. The van der Waals surface area contributed by atoms with Gasteiger partial charge in [0.05, 0.1) is 12.7 Å². The molecule has 0 bridgehead atoms. The van der Waals surface area contributed by atoms with Crippen molar-refractivity contribution in [3.63, 3.8) is 0 Å². The van der Waals surface area contributed by atoms with E-state index in [0.717, 1.165) is 5.39 Å². The molecule has 0 unspecified atom stereocenters. The number of nitrogens with zero attached hydrogens (tertiary/aromatic N) is 1. The van der Waals surface area contributed by atoms with Crippen LogP contribution in [0.1, 0.15) is 16.1 Å². The lowest BCUT2D eigenvalue weighted by molar-refractivity contribution is 0.103. The number of rotatable bonds is 3. The van der Waals surface area contributed by atoms with Gasteiger partial charge in [-0.1, -0.05) is 30.3 Å². The number of ether oxygens (including phenoxy) is 1. The molecule has 104 valence electrons. The number of benzene rings is 2. The van der Waals surface area contributed by atoms with Crippen molar-refractivity contribution < 1.29 is 13.9 Å². The number of aromatic nitrogens is 1. The lowest BCUT2D eigenvalue weighted by Gasteiger charge is -2.08. The van der Waals surface area contributed by atoms with Crippen LogP contribution in [0, 0.1) is 5.82 Å². The Morgan fingerprint density at radius 2 is 1.90 bits per heavy atom. The monoisotopic (exact) mass is 281 g/mol. The van der Waals surface area contributed by atoms with E-state index in [1.165, 1.54) is 19.2 Å². The van der Waals surface area contributed by atoms with Gasteiger partial charge in [0.15, 0.2) is 11.6 Å². The minimum absolute atomic E-state index is 0.0427. The second kappa shape index (κ2) is 5.32. The lowest BCUT2D eigenvalue weighted by Crippen LogP contribution is -2.08. The molecule has 0 N–H and O–H groups in total. The van der Waals surface area contributed by atoms with Crippen LogP contribution in [0.3, 0.4) is 0 Å². The van der Waals surface area contributed by atoms with Crippen LogP contribution in [0.4, 0.5) is 4.39 Å². The first-order valence-corrected chi connectivity index (χ1v) is 6.43. The molecule has 3 rings (SSSR count). The van der Waals surface area contributed by atoms with Crippen molar-refractivity contribution in [2.75, 3.05) is 7.11 Å². The Kier molecular flexibility index (Phi) is 3.36. The van der Waals surface area contributed by atoms with E-state index in [1.807, 2.05) is 24.3 Å². The molecule has 0 fully saturated rings. The SMILES string of the molecule is COc1cccc(C(=O)c2nccc3ccccc23)c1F. The molecule has 0 amide bonds. The maximum atomic E-state index is 14.2. The van der Waals surface area contributed by atoms with Gasteiger partial charge in [0.2, 0.25) is 5.78 Å². The molecule has 0 aliphatic heterocycles. The van der Waals surface area contributed by atoms with Crippen LogP contribution >= 0.6 is 0 Å². The predicted molar refractivity (Wildman–Crippen MR) is 78.1 cm³/mol. The molecule has 0 spiro atoms. The largest absolute Gasteiger partial charge is 0.494 e. The van der Waals surface area contributed by atoms with Crippen molar-refractivity contribution in [1.82, 2.24) is 4.98 Å². The number of ketones is 1. The summed E-state index contributed by atoms with van der Waals surface area (Å²) in [6.07, 6.45) is 1.55. The fraction of sp³-hybridized carbons (Fsp3) is 0.0588. The molecular formula is C17H12FNO2. The topological polar surface area (TPSA) is 39.2 Å². The lowest BCUT2D eigenvalue weighted by atomic mass is 10.0. The van der Waals surface area contributed by atoms with E-state index in [4.69, 9.17) is 4.74 Å². The molecule has 0 aliphatic carbocycles. The van der Waals surface area contributed by atoms with Crippen LogP contribution in [0.5, 0.6) is 5.75 Å². The van der Waals surface area contributed by atoms with Gasteiger partial charge in [0.25, 0.3) is 0 Å². The molecule has 0 atom stereocenters. The van der Waals surface area contributed by atoms with Gasteiger partial charge in [-0.25, -0.2) is 4.39 Å². The highest BCUT2D eigenvalue weighted by molar-refractivity contribution is 6.15. The zero-order valence-corrected chi connectivity index (χ0v) is 11.3. The molecule has 21 heavy (non-hydrogen) atoms. The van der Waals surface area contributed by atoms with Crippen LogP contribution in [-0.2, 0) is 0 Å². The van der Waals surface area contributed by atoms with E-state index in [9.17, 15) is 9.18 Å². The third-order valence-electron chi connectivity index (χ3n) is 3.32. The Morgan fingerprint density at radius 1 is 1.10 bits per heavy atom. The number of hydrogen-bond acceptors (Lipinski definition) is 3. The fourth-order valence-corrected chi connectivity index (χ4v) is 2.27. The summed E-state index contributed by atoms with van der Waals surface area (Å²) in [5, 5.41) is 1.59. The highest BCUT2D eigenvalue weighted by Crippen LogP contribution is 2.24. The van der Waals surface area contributed by atoms with E-state index in [0.29, 0.717) is 5.39 Å². The van der Waals surface area contributed by atoms with Crippen LogP contribution in [-0.4, -0.2) is 17.9 Å². The Hall–Kier alpha value is -2.75. The standard InChI is InChI=1S/C17H12FNO2/c1-21-14-8-4-7-13(15(14)18)17(20)16-12-6-3-2-5-11(12)9-10-19-16/h2-10H,1H3. The molecule has 1 aromatic heterocycles. The zero-order chi connectivity index (χ0) is 14.8. The number of pyridine rings is 1. The second-order valence-electron chi connectivity index (χ2n) is 4.53. The van der Waals surface area contributed by atoms with Crippen LogP contribution in [0.15, 0.2) is 54.7 Å². The van der Waals surface area contributed by atoms with Crippen molar-refractivity contribution in [2.45, 2.75) is 0 Å². The third kappa shape index (κ3) is 2.25. The number of halogens is 1. The molecule has 0 saturated heterocycles. The normalized spacial score (nSPS) is 10.6. The van der Waals surface area contributed by atoms with Crippen molar-refractivity contribution >= 4 is 16.6 Å². The highest BCUT2D eigenvalue weighted by atomic mass is 19.1. The molecule has 1 heterocycles. The minimum Gasteiger partial charge on any atom is -0.494 e. The molecule has 3 nitrogen and oxygen atoms in total. The van der Waals surface area contributed by atoms with Gasteiger partial charge in [0.1, 0.15) is 5.69 Å². The van der Waals surface area contributed by atoms with Crippen molar-refractivity contribution in [3.8, 4) is 5.75 Å². The smallest absolute Gasteiger partial charge is 0.215 e. The molecule has 0 saturated carbocycles. The number of methoxy groups -OCH3 is 1. The Labute approximate surface area is 121 Å². The Morgan fingerprint density at radius 3 is 2.71 bits per heavy atom. The number of hydrogen-bond donors (Lipinski definition) is 0. The number of carbonyl (C=O) groups excluding carboxylic acids is 1. The molecule has 0 aliphatic rings. The summed E-state index contributed by atoms with van der Waals surface area (Å²) >= 11 is 0. The summed E-state index contributed by atoms with van der Waals surface area (Å²) in [7, 11) is 1.36. The van der Waals surface area contributed by atoms with Crippen LogP contribution < -0.4 is 4.74 Å². The van der Waals surface area contributed by atoms with Crippen molar-refractivity contribution in [2.24, 2.45) is 0 Å². The van der Waals surface area contributed by atoms with Gasteiger partial charge in [-0.05, 0) is 23.6 Å². The first-order valence-electron chi connectivity index (χ1n) is 6.43. The first-order chi connectivity index (χ1) is 10.2. The molecule has 4 heteroatoms.